The number of rotatable bonds is 4. The molecule has 0 saturated carbocycles. The van der Waals surface area contributed by atoms with E-state index in [-0.39, 0.29) is 0 Å². The molecule has 3 nitrogen and oxygen atoms in total. The van der Waals surface area contributed by atoms with Crippen LogP contribution in [0.15, 0.2) is 5.10 Å². The van der Waals surface area contributed by atoms with E-state index >= 15 is 0 Å². The van der Waals surface area contributed by atoms with Crippen LogP contribution in [0.4, 0.5) is 0 Å². The molecule has 0 N–H and O–H groups in total. The van der Waals surface area contributed by atoms with Gasteiger partial charge in [-0.05, 0) is 35.9 Å². The van der Waals surface area contributed by atoms with E-state index in [1.165, 1.54) is 12.8 Å². The van der Waals surface area contributed by atoms with E-state index in [4.69, 9.17) is 0 Å². The number of nitrogens with zero attached hydrogens (tertiary/aromatic N) is 3. The Balaban J connectivity index is 2.34. The van der Waals surface area contributed by atoms with Gasteiger partial charge in [-0.2, -0.15) is 5.10 Å². The van der Waals surface area contributed by atoms with Crippen LogP contribution in [-0.2, 0) is 0 Å². The smallest absolute Gasteiger partial charge is 0.171 e. The van der Waals surface area contributed by atoms with Gasteiger partial charge in [-0.1, -0.05) is 13.3 Å². The van der Waals surface area contributed by atoms with Gasteiger partial charge < -0.3 is 4.90 Å². The van der Waals surface area contributed by atoms with Gasteiger partial charge in [-0.15, -0.1) is 0 Å². The molecule has 1 aliphatic heterocycles. The fourth-order valence-electron chi connectivity index (χ4n) is 1.13. The predicted octanol–water partition coefficient (Wildman–Crippen LogP) is 2.09. The molecule has 70 valence electrons. The Kier molecular flexibility index (Phi) is 4.11. The minimum atomic E-state index is 0.430. The minimum absolute atomic E-state index is 0.430. The van der Waals surface area contributed by atoms with Crippen LogP contribution in [0.2, 0.25) is 0 Å². The van der Waals surface area contributed by atoms with E-state index < -0.39 is 0 Å². The van der Waals surface area contributed by atoms with Gasteiger partial charge in [-0.3, -0.25) is 5.01 Å². The van der Waals surface area contributed by atoms with Gasteiger partial charge in [0.1, 0.15) is 6.34 Å². The summed E-state index contributed by atoms with van der Waals surface area (Å²) in [5, 5.41) is 6.48. The second kappa shape index (κ2) is 4.89. The van der Waals surface area contributed by atoms with E-state index in [9.17, 15) is 0 Å². The summed E-state index contributed by atoms with van der Waals surface area (Å²) in [5.74, 6) is 0. The summed E-state index contributed by atoms with van der Waals surface area (Å²) in [5.41, 5.74) is 0. The van der Waals surface area contributed by atoms with Gasteiger partial charge in [-0.25, -0.2) is 0 Å². The molecule has 0 aromatic carbocycles. The molecule has 12 heavy (non-hydrogen) atoms. The highest BCUT2D eigenvalue weighted by molar-refractivity contribution is 14.1. The largest absolute Gasteiger partial charge is 0.332 e. The third kappa shape index (κ3) is 2.24. The number of unbranched alkanes of at least 4 members (excludes halogenated alkanes) is 1. The van der Waals surface area contributed by atoms with E-state index in [1.807, 2.05) is 6.34 Å². The lowest BCUT2D eigenvalue weighted by Crippen LogP contribution is -2.34. The van der Waals surface area contributed by atoms with Crippen LogP contribution < -0.4 is 0 Å². The second-order valence-electron chi connectivity index (χ2n) is 2.89. The number of alkyl halides is 1. The Morgan fingerprint density at radius 2 is 2.25 bits per heavy atom. The van der Waals surface area contributed by atoms with Gasteiger partial charge >= 0.3 is 0 Å². The molecule has 0 radical (unpaired) electrons. The summed E-state index contributed by atoms with van der Waals surface area (Å²) in [6.07, 6.45) is 4.41. The van der Waals surface area contributed by atoms with Gasteiger partial charge in [0.05, 0.1) is 0 Å². The molecule has 0 aromatic heterocycles. The van der Waals surface area contributed by atoms with Crippen molar-refractivity contribution < 1.29 is 0 Å². The molecule has 0 saturated heterocycles. The topological polar surface area (TPSA) is 18.8 Å². The molecular formula is C8H16IN3. The monoisotopic (exact) mass is 281 g/mol. The van der Waals surface area contributed by atoms with Crippen LogP contribution in [0.5, 0.6) is 0 Å². The number of hydrogen-bond donors (Lipinski definition) is 0. The van der Waals surface area contributed by atoms with Gasteiger partial charge in [0.2, 0.25) is 0 Å². The fourth-order valence-corrected chi connectivity index (χ4v) is 2.09. The Morgan fingerprint density at radius 1 is 1.50 bits per heavy atom. The Bertz CT molecular complexity index is 160. The lowest BCUT2D eigenvalue weighted by molar-refractivity contribution is 0.220. The van der Waals surface area contributed by atoms with Crippen LogP contribution in [0.3, 0.4) is 0 Å². The first-order valence-electron chi connectivity index (χ1n) is 4.50. The first-order valence-corrected chi connectivity index (χ1v) is 5.74. The standard InChI is InChI=1S/C8H16IN3/c1-3-5-6-12-8(9)11(4-2)7-10-12/h7-8H,3-6H2,1-2H3. The van der Waals surface area contributed by atoms with Crippen LogP contribution in [-0.4, -0.2) is 33.5 Å². The van der Waals surface area contributed by atoms with E-state index in [0.717, 1.165) is 13.1 Å². The highest BCUT2D eigenvalue weighted by atomic mass is 127. The van der Waals surface area contributed by atoms with Crippen LogP contribution in [0.25, 0.3) is 0 Å². The van der Waals surface area contributed by atoms with Crippen molar-refractivity contribution in [3.8, 4) is 0 Å². The summed E-state index contributed by atoms with van der Waals surface area (Å²) < 4.78 is 0.430. The summed E-state index contributed by atoms with van der Waals surface area (Å²) in [4.78, 5) is 2.23. The zero-order valence-corrected chi connectivity index (χ0v) is 9.86. The molecular weight excluding hydrogens is 265 g/mol. The maximum Gasteiger partial charge on any atom is 0.171 e. The average molecular weight is 281 g/mol. The number of halogens is 1. The molecule has 0 fully saturated rings. The number of hydrazone groups is 1. The Hall–Kier alpha value is 0. The average Bonchev–Trinajstić information content (AvgIpc) is 2.43. The van der Waals surface area contributed by atoms with Gasteiger partial charge in [0.25, 0.3) is 0 Å². The van der Waals surface area contributed by atoms with Gasteiger partial charge in [0, 0.05) is 13.1 Å². The van der Waals surface area contributed by atoms with Crippen molar-refractivity contribution in [2.75, 3.05) is 13.1 Å². The van der Waals surface area contributed by atoms with Crippen molar-refractivity contribution in [1.29, 1.82) is 0 Å². The van der Waals surface area contributed by atoms with E-state index in [0.29, 0.717) is 4.17 Å². The Labute approximate surface area is 87.9 Å². The normalized spacial score (nSPS) is 22.4. The molecule has 1 unspecified atom stereocenters. The van der Waals surface area contributed by atoms with Crippen LogP contribution in [0, 0.1) is 0 Å². The molecule has 1 atom stereocenters. The highest BCUT2D eigenvalue weighted by Crippen LogP contribution is 2.18. The minimum Gasteiger partial charge on any atom is -0.332 e. The van der Waals surface area contributed by atoms with Crippen molar-refractivity contribution in [2.24, 2.45) is 5.10 Å². The summed E-state index contributed by atoms with van der Waals surface area (Å²) in [6, 6.07) is 0. The zero-order chi connectivity index (χ0) is 8.97. The molecule has 1 aliphatic rings. The zero-order valence-electron chi connectivity index (χ0n) is 7.70. The Morgan fingerprint density at radius 3 is 2.75 bits per heavy atom. The van der Waals surface area contributed by atoms with Crippen molar-refractivity contribution in [3.05, 3.63) is 0 Å². The van der Waals surface area contributed by atoms with Crippen LogP contribution >= 0.6 is 22.6 Å². The van der Waals surface area contributed by atoms with Crippen molar-refractivity contribution in [3.63, 3.8) is 0 Å². The van der Waals surface area contributed by atoms with Crippen molar-refractivity contribution in [1.82, 2.24) is 9.91 Å². The predicted molar refractivity (Wildman–Crippen MR) is 60.3 cm³/mol. The fraction of sp³-hybridized carbons (Fsp3) is 0.875. The second-order valence-corrected chi connectivity index (χ2v) is 4.00. The maximum absolute atomic E-state index is 4.33. The summed E-state index contributed by atoms with van der Waals surface area (Å²) in [6.45, 7) is 6.48. The lowest BCUT2D eigenvalue weighted by atomic mass is 10.3. The quantitative estimate of drug-likeness (QED) is 0.446. The van der Waals surface area contributed by atoms with Gasteiger partial charge in [0.15, 0.2) is 4.17 Å². The molecule has 0 bridgehead atoms. The first kappa shape index (κ1) is 10.1. The molecule has 0 spiro atoms. The van der Waals surface area contributed by atoms with Crippen molar-refractivity contribution in [2.45, 2.75) is 30.9 Å². The molecule has 4 heteroatoms. The third-order valence-corrected chi connectivity index (χ3v) is 3.33. The molecule has 0 amide bonds. The van der Waals surface area contributed by atoms with E-state index in [2.05, 4.69) is 51.4 Å². The van der Waals surface area contributed by atoms with E-state index in [1.54, 1.807) is 0 Å². The van der Waals surface area contributed by atoms with Crippen LogP contribution in [0.1, 0.15) is 26.7 Å². The maximum atomic E-state index is 4.33. The van der Waals surface area contributed by atoms with Crippen molar-refractivity contribution >= 4 is 28.9 Å². The first-order chi connectivity index (χ1) is 5.79. The molecule has 1 heterocycles. The molecule has 0 aliphatic carbocycles. The number of hydrogen-bond acceptors (Lipinski definition) is 3. The summed E-state index contributed by atoms with van der Waals surface area (Å²) in [7, 11) is 0. The molecule has 1 rings (SSSR count). The summed E-state index contributed by atoms with van der Waals surface area (Å²) >= 11 is 2.42. The lowest BCUT2D eigenvalue weighted by Gasteiger charge is -2.24. The highest BCUT2D eigenvalue weighted by Gasteiger charge is 2.22. The SMILES string of the molecule is CCCCN1N=CN(CC)C1I. The third-order valence-electron chi connectivity index (χ3n) is 1.97. The molecule has 0 aromatic rings.